The molecular weight excluding hydrogens is 424 g/mol. The van der Waals surface area contributed by atoms with Crippen LogP contribution in [0.15, 0.2) is 48.7 Å². The van der Waals surface area contributed by atoms with Crippen molar-refractivity contribution < 1.29 is 0 Å². The molecule has 0 radical (unpaired) electrons. The topological polar surface area (TPSA) is 33.1 Å². The molecule has 0 spiro atoms. The zero-order valence-electron chi connectivity index (χ0n) is 20.1. The summed E-state index contributed by atoms with van der Waals surface area (Å²) in [4.78, 5) is 7.24. The molecular formula is C28H34N4S. The van der Waals surface area contributed by atoms with Crippen molar-refractivity contribution >= 4 is 17.3 Å². The summed E-state index contributed by atoms with van der Waals surface area (Å²) in [5, 5.41) is 4.53. The third kappa shape index (κ3) is 3.76. The smallest absolute Gasteiger partial charge is 0.170 e. The van der Waals surface area contributed by atoms with Gasteiger partial charge in [0, 0.05) is 23.6 Å². The van der Waals surface area contributed by atoms with E-state index in [2.05, 4.69) is 78.9 Å². The van der Waals surface area contributed by atoms with Crippen LogP contribution in [0.5, 0.6) is 0 Å². The van der Waals surface area contributed by atoms with Crippen LogP contribution in [0.3, 0.4) is 0 Å². The fraction of sp³-hybridized carbons (Fsp3) is 0.429. The van der Waals surface area contributed by atoms with Gasteiger partial charge < -0.3 is 14.8 Å². The highest BCUT2D eigenvalue weighted by Gasteiger charge is 2.44. The molecule has 33 heavy (non-hydrogen) atoms. The average Bonchev–Trinajstić information content (AvgIpc) is 3.52. The van der Waals surface area contributed by atoms with Gasteiger partial charge in [-0.1, -0.05) is 44.0 Å². The lowest BCUT2D eigenvalue weighted by Gasteiger charge is -2.33. The second kappa shape index (κ2) is 8.94. The quantitative estimate of drug-likeness (QED) is 0.457. The van der Waals surface area contributed by atoms with Gasteiger partial charge in [0.2, 0.25) is 0 Å². The first kappa shape index (κ1) is 22.1. The number of rotatable bonds is 5. The number of para-hydroxylation sites is 1. The largest absolute Gasteiger partial charge is 0.352 e. The molecule has 1 N–H and O–H groups in total. The summed E-state index contributed by atoms with van der Waals surface area (Å²) in [6.07, 6.45) is 7.90. The van der Waals surface area contributed by atoms with Crippen LogP contribution in [0.4, 0.5) is 0 Å². The van der Waals surface area contributed by atoms with Crippen molar-refractivity contribution in [3.63, 3.8) is 0 Å². The van der Waals surface area contributed by atoms with E-state index in [1.807, 2.05) is 12.3 Å². The van der Waals surface area contributed by atoms with E-state index in [1.54, 1.807) is 0 Å². The number of benzene rings is 1. The van der Waals surface area contributed by atoms with E-state index in [-0.39, 0.29) is 12.1 Å². The molecule has 2 aliphatic rings. The molecule has 0 unspecified atom stereocenters. The first-order valence-corrected chi connectivity index (χ1v) is 12.7. The summed E-state index contributed by atoms with van der Waals surface area (Å²) < 4.78 is 2.47. The molecule has 1 aliphatic heterocycles. The summed E-state index contributed by atoms with van der Waals surface area (Å²) in [5.74, 6) is 0. The minimum atomic E-state index is 0.0516. The van der Waals surface area contributed by atoms with E-state index >= 15 is 0 Å². The van der Waals surface area contributed by atoms with E-state index in [9.17, 15) is 0 Å². The van der Waals surface area contributed by atoms with Crippen LogP contribution in [0, 0.1) is 20.8 Å². The number of nitrogens with zero attached hydrogens (tertiary/aromatic N) is 3. The molecule has 5 rings (SSSR count). The molecule has 0 bridgehead atoms. The molecule has 2 atom stereocenters. The highest BCUT2D eigenvalue weighted by Crippen LogP contribution is 2.45. The van der Waals surface area contributed by atoms with Crippen LogP contribution in [-0.2, 0) is 6.42 Å². The first-order valence-electron chi connectivity index (χ1n) is 12.3. The highest BCUT2D eigenvalue weighted by atomic mass is 32.1. The summed E-state index contributed by atoms with van der Waals surface area (Å²) in [6, 6.07) is 15.9. The Kier molecular flexibility index (Phi) is 6.00. The van der Waals surface area contributed by atoms with E-state index < -0.39 is 0 Å². The van der Waals surface area contributed by atoms with Crippen molar-refractivity contribution in [2.24, 2.45) is 0 Å². The average molecular weight is 459 g/mol. The summed E-state index contributed by atoms with van der Waals surface area (Å²) in [5.41, 5.74) is 9.02. The number of hydrogen-bond acceptors (Lipinski definition) is 2. The maximum Gasteiger partial charge on any atom is 0.170 e. The predicted molar refractivity (Wildman–Crippen MR) is 139 cm³/mol. The van der Waals surface area contributed by atoms with Crippen molar-refractivity contribution in [3.05, 3.63) is 82.4 Å². The Morgan fingerprint density at radius 2 is 1.85 bits per heavy atom. The summed E-state index contributed by atoms with van der Waals surface area (Å²) in [7, 11) is 0. The SMILES string of the molecule is CCc1cccc(C)c1-n1c(C)cc([C@H]2[C@@H](c3ccccn3)NC(=S)N2C2CCCC2)c1C. The Morgan fingerprint density at radius 3 is 2.55 bits per heavy atom. The van der Waals surface area contributed by atoms with Gasteiger partial charge in [-0.25, -0.2) is 0 Å². The van der Waals surface area contributed by atoms with E-state index in [4.69, 9.17) is 17.2 Å². The van der Waals surface area contributed by atoms with Crippen molar-refractivity contribution in [2.75, 3.05) is 0 Å². The Labute approximate surface area is 203 Å². The van der Waals surface area contributed by atoms with Crippen LogP contribution in [0.1, 0.15) is 78.5 Å². The number of nitrogens with one attached hydrogen (secondary N) is 1. The van der Waals surface area contributed by atoms with Gasteiger partial charge in [0.15, 0.2) is 5.11 Å². The normalized spacial score (nSPS) is 21.1. The maximum absolute atomic E-state index is 5.95. The lowest BCUT2D eigenvalue weighted by molar-refractivity contribution is 0.245. The van der Waals surface area contributed by atoms with Gasteiger partial charge in [0.25, 0.3) is 0 Å². The van der Waals surface area contributed by atoms with Gasteiger partial charge in [-0.3, -0.25) is 4.98 Å². The molecule has 1 aliphatic carbocycles. The molecule has 0 amide bonds. The predicted octanol–water partition coefficient (Wildman–Crippen LogP) is 6.28. The van der Waals surface area contributed by atoms with Gasteiger partial charge in [-0.05, 0) is 87.1 Å². The minimum Gasteiger partial charge on any atom is -0.352 e. The van der Waals surface area contributed by atoms with E-state index in [1.165, 1.54) is 59.4 Å². The zero-order chi connectivity index (χ0) is 23.1. The third-order valence-electron chi connectivity index (χ3n) is 7.57. The maximum atomic E-state index is 5.95. The van der Waals surface area contributed by atoms with E-state index in [0.29, 0.717) is 6.04 Å². The number of hydrogen-bond donors (Lipinski definition) is 1. The fourth-order valence-electron chi connectivity index (χ4n) is 6.03. The zero-order valence-corrected chi connectivity index (χ0v) is 21.0. The fourth-order valence-corrected chi connectivity index (χ4v) is 6.42. The third-order valence-corrected chi connectivity index (χ3v) is 7.90. The molecule has 1 saturated carbocycles. The molecule has 2 aromatic heterocycles. The second-order valence-electron chi connectivity index (χ2n) is 9.57. The molecule has 5 heteroatoms. The van der Waals surface area contributed by atoms with Gasteiger partial charge in [0.1, 0.15) is 0 Å². The second-order valence-corrected chi connectivity index (χ2v) is 9.96. The van der Waals surface area contributed by atoms with Crippen LogP contribution >= 0.6 is 12.2 Å². The van der Waals surface area contributed by atoms with Crippen molar-refractivity contribution in [3.8, 4) is 5.69 Å². The number of thiocarbonyl (C=S) groups is 1. The molecule has 3 aromatic rings. The Balaban J connectivity index is 1.67. The van der Waals surface area contributed by atoms with Crippen molar-refractivity contribution in [1.82, 2.24) is 19.8 Å². The van der Waals surface area contributed by atoms with Gasteiger partial charge in [0.05, 0.1) is 23.5 Å². The van der Waals surface area contributed by atoms with Crippen LogP contribution in [0.25, 0.3) is 5.69 Å². The standard InChI is InChI=1S/C28H34N4S/c1-5-21-12-10-11-18(2)26(21)31-19(3)17-23(20(31)4)27-25(24-15-8-9-16-29-24)30-28(33)32(27)22-13-6-7-14-22/h8-12,15-17,22,25,27H,5-7,13-14H2,1-4H3,(H,30,33)/t25-,27+/m1/s1. The molecule has 1 aromatic carbocycles. The van der Waals surface area contributed by atoms with E-state index in [0.717, 1.165) is 17.2 Å². The molecule has 4 nitrogen and oxygen atoms in total. The monoisotopic (exact) mass is 458 g/mol. The number of aromatic nitrogens is 2. The highest BCUT2D eigenvalue weighted by molar-refractivity contribution is 7.80. The Hall–Kier alpha value is -2.66. The van der Waals surface area contributed by atoms with Crippen LogP contribution in [0.2, 0.25) is 0 Å². The minimum absolute atomic E-state index is 0.0516. The number of pyridine rings is 1. The Bertz CT molecular complexity index is 1160. The van der Waals surface area contributed by atoms with Gasteiger partial charge in [-0.2, -0.15) is 0 Å². The lowest BCUT2D eigenvalue weighted by atomic mass is 9.95. The summed E-state index contributed by atoms with van der Waals surface area (Å²) >= 11 is 5.95. The molecule has 2 fully saturated rings. The van der Waals surface area contributed by atoms with Crippen LogP contribution in [-0.4, -0.2) is 25.6 Å². The molecule has 3 heterocycles. The Morgan fingerprint density at radius 1 is 1.06 bits per heavy atom. The lowest BCUT2D eigenvalue weighted by Crippen LogP contribution is -2.37. The van der Waals surface area contributed by atoms with Crippen molar-refractivity contribution in [2.45, 2.75) is 77.9 Å². The molecule has 1 saturated heterocycles. The number of aryl methyl sites for hydroxylation is 3. The summed E-state index contributed by atoms with van der Waals surface area (Å²) in [6.45, 7) is 8.98. The van der Waals surface area contributed by atoms with Gasteiger partial charge >= 0.3 is 0 Å². The van der Waals surface area contributed by atoms with Gasteiger partial charge in [-0.15, -0.1) is 0 Å². The van der Waals surface area contributed by atoms with Crippen molar-refractivity contribution in [1.29, 1.82) is 0 Å². The van der Waals surface area contributed by atoms with Crippen LogP contribution < -0.4 is 5.32 Å². The first-order chi connectivity index (χ1) is 16.0. The molecule has 172 valence electrons.